The SMILES string of the molecule is CCCC1CC1NCc1ccc(C2CC2)cc1. The zero-order chi connectivity index (χ0) is 11.7. The molecule has 0 heterocycles. The van der Waals surface area contributed by atoms with Gasteiger partial charge in [-0.2, -0.15) is 0 Å². The van der Waals surface area contributed by atoms with Crippen LogP contribution in [0.3, 0.4) is 0 Å². The minimum Gasteiger partial charge on any atom is -0.310 e. The highest BCUT2D eigenvalue weighted by Gasteiger charge is 2.35. The van der Waals surface area contributed by atoms with Crippen LogP contribution in [0, 0.1) is 5.92 Å². The standard InChI is InChI=1S/C16H23N/c1-2-3-15-10-16(15)17-11-12-4-6-13(7-5-12)14-8-9-14/h4-7,14-17H,2-3,8-11H2,1H3. The molecule has 1 aromatic rings. The van der Waals surface area contributed by atoms with E-state index in [1.807, 2.05) is 0 Å². The van der Waals surface area contributed by atoms with Crippen LogP contribution in [0.1, 0.15) is 56.1 Å². The van der Waals surface area contributed by atoms with Gasteiger partial charge in [0, 0.05) is 12.6 Å². The van der Waals surface area contributed by atoms with Crippen LogP contribution in [0.2, 0.25) is 0 Å². The van der Waals surface area contributed by atoms with Crippen LogP contribution in [0.15, 0.2) is 24.3 Å². The molecule has 3 rings (SSSR count). The van der Waals surface area contributed by atoms with Crippen molar-refractivity contribution in [2.24, 2.45) is 5.92 Å². The van der Waals surface area contributed by atoms with E-state index < -0.39 is 0 Å². The smallest absolute Gasteiger partial charge is 0.0208 e. The summed E-state index contributed by atoms with van der Waals surface area (Å²) in [6.07, 6.45) is 6.93. The van der Waals surface area contributed by atoms with E-state index in [2.05, 4.69) is 36.5 Å². The van der Waals surface area contributed by atoms with Gasteiger partial charge in [0.25, 0.3) is 0 Å². The summed E-state index contributed by atoms with van der Waals surface area (Å²) in [5.74, 6) is 1.85. The molecule has 0 saturated heterocycles. The lowest BCUT2D eigenvalue weighted by Gasteiger charge is -2.05. The second kappa shape index (κ2) is 4.81. The van der Waals surface area contributed by atoms with E-state index in [9.17, 15) is 0 Å². The third kappa shape index (κ3) is 2.90. The fourth-order valence-electron chi connectivity index (χ4n) is 2.76. The number of rotatable bonds is 6. The van der Waals surface area contributed by atoms with Crippen molar-refractivity contribution in [3.05, 3.63) is 35.4 Å². The van der Waals surface area contributed by atoms with Gasteiger partial charge >= 0.3 is 0 Å². The Morgan fingerprint density at radius 2 is 1.94 bits per heavy atom. The van der Waals surface area contributed by atoms with Crippen molar-refractivity contribution >= 4 is 0 Å². The van der Waals surface area contributed by atoms with Crippen LogP contribution >= 0.6 is 0 Å². The average molecular weight is 229 g/mol. The van der Waals surface area contributed by atoms with Crippen molar-refractivity contribution in [3.8, 4) is 0 Å². The summed E-state index contributed by atoms with van der Waals surface area (Å²) in [6, 6.07) is 10.1. The maximum absolute atomic E-state index is 3.67. The largest absolute Gasteiger partial charge is 0.310 e. The highest BCUT2D eigenvalue weighted by atomic mass is 15.0. The molecule has 2 atom stereocenters. The molecule has 1 nitrogen and oxygen atoms in total. The first-order valence-electron chi connectivity index (χ1n) is 7.19. The lowest BCUT2D eigenvalue weighted by Crippen LogP contribution is -2.17. The van der Waals surface area contributed by atoms with Gasteiger partial charge in [-0.3, -0.25) is 0 Å². The molecule has 2 saturated carbocycles. The summed E-state index contributed by atoms with van der Waals surface area (Å²) >= 11 is 0. The second-order valence-electron chi connectivity index (χ2n) is 5.79. The summed E-state index contributed by atoms with van der Waals surface area (Å²) < 4.78 is 0. The molecule has 0 aromatic heterocycles. The van der Waals surface area contributed by atoms with E-state index in [0.29, 0.717) is 0 Å². The molecule has 0 bridgehead atoms. The maximum atomic E-state index is 3.67. The van der Waals surface area contributed by atoms with Crippen molar-refractivity contribution in [2.75, 3.05) is 0 Å². The molecule has 0 spiro atoms. The predicted molar refractivity (Wildman–Crippen MR) is 72.1 cm³/mol. The Balaban J connectivity index is 1.45. The Bertz CT molecular complexity index is 364. The molecule has 0 radical (unpaired) electrons. The van der Waals surface area contributed by atoms with Gasteiger partial charge in [-0.25, -0.2) is 0 Å². The van der Waals surface area contributed by atoms with E-state index in [-0.39, 0.29) is 0 Å². The fraction of sp³-hybridized carbons (Fsp3) is 0.625. The maximum Gasteiger partial charge on any atom is 0.0208 e. The first-order valence-corrected chi connectivity index (χ1v) is 7.19. The van der Waals surface area contributed by atoms with Crippen LogP contribution in [0.5, 0.6) is 0 Å². The first kappa shape index (κ1) is 11.3. The summed E-state index contributed by atoms with van der Waals surface area (Å²) in [4.78, 5) is 0. The number of benzene rings is 1. The summed E-state index contributed by atoms with van der Waals surface area (Å²) in [5, 5.41) is 3.67. The molecule has 92 valence electrons. The van der Waals surface area contributed by atoms with E-state index in [1.165, 1.54) is 37.7 Å². The molecule has 0 aliphatic heterocycles. The van der Waals surface area contributed by atoms with Crippen molar-refractivity contribution in [3.63, 3.8) is 0 Å². The third-order valence-corrected chi connectivity index (χ3v) is 4.18. The first-order chi connectivity index (χ1) is 8.36. The molecule has 2 unspecified atom stereocenters. The summed E-state index contributed by atoms with van der Waals surface area (Å²) in [6.45, 7) is 3.34. The van der Waals surface area contributed by atoms with Gasteiger partial charge in [0.2, 0.25) is 0 Å². The van der Waals surface area contributed by atoms with Gasteiger partial charge in [-0.05, 0) is 48.6 Å². The molecular formula is C16H23N. The molecule has 1 N–H and O–H groups in total. The Kier molecular flexibility index (Phi) is 3.19. The minimum absolute atomic E-state index is 0.804. The van der Waals surface area contributed by atoms with Crippen molar-refractivity contribution in [1.82, 2.24) is 5.32 Å². The molecule has 1 heteroatoms. The zero-order valence-corrected chi connectivity index (χ0v) is 10.8. The zero-order valence-electron chi connectivity index (χ0n) is 10.8. The Hall–Kier alpha value is -0.820. The van der Waals surface area contributed by atoms with Crippen LogP contribution in [-0.4, -0.2) is 6.04 Å². The number of nitrogens with one attached hydrogen (secondary N) is 1. The van der Waals surface area contributed by atoms with Gasteiger partial charge in [0.15, 0.2) is 0 Å². The average Bonchev–Trinajstić information content (AvgIpc) is 3.23. The van der Waals surface area contributed by atoms with E-state index in [4.69, 9.17) is 0 Å². The molecule has 0 amide bonds. The van der Waals surface area contributed by atoms with E-state index >= 15 is 0 Å². The Morgan fingerprint density at radius 3 is 2.59 bits per heavy atom. The van der Waals surface area contributed by atoms with Gasteiger partial charge in [-0.1, -0.05) is 37.6 Å². The third-order valence-electron chi connectivity index (χ3n) is 4.18. The Labute approximate surface area is 105 Å². The van der Waals surface area contributed by atoms with Gasteiger partial charge in [-0.15, -0.1) is 0 Å². The number of hydrogen-bond donors (Lipinski definition) is 1. The predicted octanol–water partition coefficient (Wildman–Crippen LogP) is 3.84. The quantitative estimate of drug-likeness (QED) is 0.781. The highest BCUT2D eigenvalue weighted by Crippen LogP contribution is 2.40. The van der Waals surface area contributed by atoms with Crippen LogP contribution in [-0.2, 0) is 6.54 Å². The topological polar surface area (TPSA) is 12.0 Å². The van der Waals surface area contributed by atoms with Crippen LogP contribution < -0.4 is 5.32 Å². The van der Waals surface area contributed by atoms with Crippen LogP contribution in [0.25, 0.3) is 0 Å². The highest BCUT2D eigenvalue weighted by molar-refractivity contribution is 5.28. The second-order valence-corrected chi connectivity index (χ2v) is 5.79. The molecule has 1 aromatic carbocycles. The molecular weight excluding hydrogens is 206 g/mol. The Morgan fingerprint density at radius 1 is 1.18 bits per heavy atom. The molecule has 17 heavy (non-hydrogen) atoms. The summed E-state index contributed by atoms with van der Waals surface area (Å²) in [7, 11) is 0. The molecule has 2 aliphatic carbocycles. The lowest BCUT2D eigenvalue weighted by atomic mass is 10.1. The van der Waals surface area contributed by atoms with Crippen molar-refractivity contribution < 1.29 is 0 Å². The molecule has 2 aliphatic rings. The monoisotopic (exact) mass is 229 g/mol. The normalized spacial score (nSPS) is 27.1. The lowest BCUT2D eigenvalue weighted by molar-refractivity contribution is 0.599. The minimum atomic E-state index is 0.804. The van der Waals surface area contributed by atoms with Gasteiger partial charge < -0.3 is 5.32 Å². The number of hydrogen-bond acceptors (Lipinski definition) is 1. The fourth-order valence-corrected chi connectivity index (χ4v) is 2.76. The summed E-state index contributed by atoms with van der Waals surface area (Å²) in [5.41, 5.74) is 2.99. The molecule has 2 fully saturated rings. The van der Waals surface area contributed by atoms with Crippen molar-refractivity contribution in [2.45, 2.75) is 57.5 Å². The van der Waals surface area contributed by atoms with Gasteiger partial charge in [0.1, 0.15) is 0 Å². The van der Waals surface area contributed by atoms with E-state index in [0.717, 1.165) is 24.4 Å². The van der Waals surface area contributed by atoms with E-state index in [1.54, 1.807) is 5.56 Å². The van der Waals surface area contributed by atoms with Crippen LogP contribution in [0.4, 0.5) is 0 Å². The van der Waals surface area contributed by atoms with Gasteiger partial charge in [0.05, 0.1) is 0 Å². The van der Waals surface area contributed by atoms with Crippen molar-refractivity contribution in [1.29, 1.82) is 0 Å².